The normalized spacial score (nSPS) is 18.9. The van der Waals surface area contributed by atoms with Crippen LogP contribution in [-0.2, 0) is 13.0 Å². The van der Waals surface area contributed by atoms with Crippen LogP contribution in [0.5, 0.6) is 0 Å². The van der Waals surface area contributed by atoms with Crippen molar-refractivity contribution in [2.45, 2.75) is 46.1 Å². The maximum atomic E-state index is 5.86. The average Bonchev–Trinajstić information content (AvgIpc) is 2.53. The average molecular weight is 208 g/mol. The molecular weight excluding hydrogens is 188 g/mol. The van der Waals surface area contributed by atoms with Crippen LogP contribution in [0.2, 0.25) is 0 Å². The Bertz CT molecular complexity index is 333. The number of aryl methyl sites for hydroxylation is 1. The highest BCUT2D eigenvalue weighted by Gasteiger charge is 2.37. The Morgan fingerprint density at radius 3 is 2.60 bits per heavy atom. The first kappa shape index (κ1) is 10.6. The van der Waals surface area contributed by atoms with Crippen molar-refractivity contribution < 1.29 is 0 Å². The molecule has 1 aliphatic rings. The van der Waals surface area contributed by atoms with Crippen LogP contribution in [0.25, 0.3) is 0 Å². The van der Waals surface area contributed by atoms with Gasteiger partial charge in [0.25, 0.3) is 0 Å². The van der Waals surface area contributed by atoms with E-state index >= 15 is 0 Å². The fourth-order valence-electron chi connectivity index (χ4n) is 2.43. The van der Waals surface area contributed by atoms with Gasteiger partial charge in [0.15, 0.2) is 0 Å². The molecule has 1 saturated carbocycles. The van der Waals surface area contributed by atoms with Crippen molar-refractivity contribution in [1.82, 2.24) is 14.8 Å². The predicted molar refractivity (Wildman–Crippen MR) is 59.5 cm³/mol. The predicted octanol–water partition coefficient (Wildman–Crippen LogP) is 1.28. The highest BCUT2D eigenvalue weighted by molar-refractivity contribution is 5.02. The van der Waals surface area contributed by atoms with Gasteiger partial charge in [-0.25, -0.2) is 0 Å². The van der Waals surface area contributed by atoms with E-state index in [0.717, 1.165) is 31.2 Å². The second-order valence-electron chi connectivity index (χ2n) is 4.64. The molecular formula is C11H20N4. The first-order chi connectivity index (χ1) is 7.21. The van der Waals surface area contributed by atoms with E-state index in [1.807, 2.05) is 6.92 Å². The monoisotopic (exact) mass is 208 g/mol. The molecule has 2 rings (SSSR count). The van der Waals surface area contributed by atoms with Crippen LogP contribution in [0.3, 0.4) is 0 Å². The number of nitrogens with zero attached hydrogens (tertiary/aromatic N) is 3. The summed E-state index contributed by atoms with van der Waals surface area (Å²) in [7, 11) is 0. The summed E-state index contributed by atoms with van der Waals surface area (Å²) < 4.78 is 2.19. The van der Waals surface area contributed by atoms with Crippen LogP contribution in [0.15, 0.2) is 0 Å². The highest BCUT2D eigenvalue weighted by atomic mass is 15.3. The van der Waals surface area contributed by atoms with Crippen LogP contribution < -0.4 is 5.73 Å². The maximum Gasteiger partial charge on any atom is 0.133 e. The van der Waals surface area contributed by atoms with Crippen LogP contribution in [0.1, 0.15) is 37.8 Å². The number of aromatic nitrogens is 3. The molecule has 0 amide bonds. The second kappa shape index (κ2) is 3.93. The fraction of sp³-hybridized carbons (Fsp3) is 0.818. The first-order valence-electron chi connectivity index (χ1n) is 5.79. The Hall–Kier alpha value is -0.900. The topological polar surface area (TPSA) is 56.7 Å². The van der Waals surface area contributed by atoms with E-state index in [1.165, 1.54) is 19.3 Å². The van der Waals surface area contributed by atoms with Crippen molar-refractivity contribution in [3.63, 3.8) is 0 Å². The zero-order chi connectivity index (χ0) is 10.9. The van der Waals surface area contributed by atoms with Gasteiger partial charge in [-0.3, -0.25) is 0 Å². The Balaban J connectivity index is 2.16. The minimum Gasteiger partial charge on any atom is -0.330 e. The summed E-state index contributed by atoms with van der Waals surface area (Å²) in [5, 5.41) is 8.40. The molecule has 0 aliphatic heterocycles. The van der Waals surface area contributed by atoms with Gasteiger partial charge in [0.05, 0.1) is 0 Å². The van der Waals surface area contributed by atoms with Crippen LogP contribution in [-0.4, -0.2) is 21.3 Å². The van der Waals surface area contributed by atoms with Crippen LogP contribution in [0.4, 0.5) is 0 Å². The molecule has 1 heterocycles. The summed E-state index contributed by atoms with van der Waals surface area (Å²) >= 11 is 0. The summed E-state index contributed by atoms with van der Waals surface area (Å²) in [6, 6.07) is 0. The molecule has 1 fully saturated rings. The summed E-state index contributed by atoms with van der Waals surface area (Å²) in [5.74, 6) is 2.12. The number of hydrogen-bond donors (Lipinski definition) is 1. The Morgan fingerprint density at radius 1 is 1.40 bits per heavy atom. The molecule has 0 saturated heterocycles. The van der Waals surface area contributed by atoms with Gasteiger partial charge in [-0.2, -0.15) is 0 Å². The maximum absolute atomic E-state index is 5.86. The van der Waals surface area contributed by atoms with E-state index < -0.39 is 0 Å². The summed E-state index contributed by atoms with van der Waals surface area (Å²) in [6.07, 6.45) is 4.81. The molecule has 0 unspecified atom stereocenters. The Labute approximate surface area is 90.9 Å². The Kier molecular flexibility index (Phi) is 2.78. The van der Waals surface area contributed by atoms with Gasteiger partial charge in [-0.05, 0) is 38.6 Å². The molecule has 84 valence electrons. The SMILES string of the molecule is CCn1c(C)nnc1CC1(CN)CCC1. The standard InChI is InChI=1S/C11H20N4/c1-3-15-9(2)13-14-10(15)7-11(8-12)5-4-6-11/h3-8,12H2,1-2H3. The van der Waals surface area contributed by atoms with E-state index in [2.05, 4.69) is 21.7 Å². The van der Waals surface area contributed by atoms with Crippen molar-refractivity contribution in [2.24, 2.45) is 11.1 Å². The third kappa shape index (κ3) is 1.78. The van der Waals surface area contributed by atoms with Crippen LogP contribution >= 0.6 is 0 Å². The second-order valence-corrected chi connectivity index (χ2v) is 4.64. The molecule has 4 nitrogen and oxygen atoms in total. The molecule has 1 aliphatic carbocycles. The van der Waals surface area contributed by atoms with E-state index in [1.54, 1.807) is 0 Å². The van der Waals surface area contributed by atoms with Crippen molar-refractivity contribution >= 4 is 0 Å². The summed E-state index contributed by atoms with van der Waals surface area (Å²) in [5.41, 5.74) is 6.18. The molecule has 4 heteroatoms. The van der Waals surface area contributed by atoms with E-state index in [9.17, 15) is 0 Å². The van der Waals surface area contributed by atoms with Gasteiger partial charge in [0.2, 0.25) is 0 Å². The lowest BCUT2D eigenvalue weighted by Crippen LogP contribution is -2.39. The molecule has 0 atom stereocenters. The van der Waals surface area contributed by atoms with E-state index in [4.69, 9.17) is 5.73 Å². The largest absolute Gasteiger partial charge is 0.330 e. The minimum absolute atomic E-state index is 0.326. The first-order valence-corrected chi connectivity index (χ1v) is 5.79. The lowest BCUT2D eigenvalue weighted by molar-refractivity contribution is 0.140. The molecule has 0 spiro atoms. The lowest BCUT2D eigenvalue weighted by atomic mass is 9.66. The number of nitrogens with two attached hydrogens (primary N) is 1. The van der Waals surface area contributed by atoms with Gasteiger partial charge in [-0.15, -0.1) is 10.2 Å². The van der Waals surface area contributed by atoms with Gasteiger partial charge in [-0.1, -0.05) is 6.42 Å². The molecule has 0 bridgehead atoms. The summed E-state index contributed by atoms with van der Waals surface area (Å²) in [4.78, 5) is 0. The third-order valence-corrected chi connectivity index (χ3v) is 3.71. The number of hydrogen-bond acceptors (Lipinski definition) is 3. The molecule has 15 heavy (non-hydrogen) atoms. The van der Waals surface area contributed by atoms with Gasteiger partial charge in [0, 0.05) is 13.0 Å². The molecule has 1 aromatic rings. The third-order valence-electron chi connectivity index (χ3n) is 3.71. The van der Waals surface area contributed by atoms with Gasteiger partial charge >= 0.3 is 0 Å². The van der Waals surface area contributed by atoms with Crippen molar-refractivity contribution in [3.8, 4) is 0 Å². The smallest absolute Gasteiger partial charge is 0.133 e. The molecule has 2 N–H and O–H groups in total. The van der Waals surface area contributed by atoms with Crippen molar-refractivity contribution in [2.75, 3.05) is 6.54 Å². The van der Waals surface area contributed by atoms with E-state index in [0.29, 0.717) is 5.41 Å². The zero-order valence-electron chi connectivity index (χ0n) is 9.66. The zero-order valence-corrected chi connectivity index (χ0v) is 9.66. The lowest BCUT2D eigenvalue weighted by Gasteiger charge is -2.40. The van der Waals surface area contributed by atoms with Gasteiger partial charge in [0.1, 0.15) is 11.6 Å². The minimum atomic E-state index is 0.326. The van der Waals surface area contributed by atoms with E-state index in [-0.39, 0.29) is 0 Å². The van der Waals surface area contributed by atoms with Crippen LogP contribution in [0, 0.1) is 12.3 Å². The highest BCUT2D eigenvalue weighted by Crippen LogP contribution is 2.42. The van der Waals surface area contributed by atoms with Crippen molar-refractivity contribution in [3.05, 3.63) is 11.6 Å². The molecule has 0 aromatic carbocycles. The molecule has 0 radical (unpaired) electrons. The van der Waals surface area contributed by atoms with Crippen molar-refractivity contribution in [1.29, 1.82) is 0 Å². The molecule has 1 aromatic heterocycles. The summed E-state index contributed by atoms with van der Waals surface area (Å²) in [6.45, 7) is 5.88. The quantitative estimate of drug-likeness (QED) is 0.811. The fourth-order valence-corrected chi connectivity index (χ4v) is 2.43. The Morgan fingerprint density at radius 2 is 2.13 bits per heavy atom. The number of rotatable bonds is 4. The van der Waals surface area contributed by atoms with Gasteiger partial charge < -0.3 is 10.3 Å².